The van der Waals surface area contributed by atoms with E-state index in [1.807, 2.05) is 29.6 Å². The van der Waals surface area contributed by atoms with Crippen LogP contribution in [0.3, 0.4) is 0 Å². The van der Waals surface area contributed by atoms with Crippen LogP contribution in [0.5, 0.6) is 0 Å². The van der Waals surface area contributed by atoms with Gasteiger partial charge in [-0.05, 0) is 47.5 Å². The van der Waals surface area contributed by atoms with Crippen molar-refractivity contribution in [1.29, 1.82) is 0 Å². The van der Waals surface area contributed by atoms with E-state index in [0.29, 0.717) is 12.5 Å². The molecule has 1 unspecified atom stereocenters. The number of thiophene rings is 1. The minimum absolute atomic E-state index is 0.139. The third-order valence-electron chi connectivity index (χ3n) is 4.90. The fourth-order valence-corrected chi connectivity index (χ4v) is 3.98. The van der Waals surface area contributed by atoms with E-state index in [4.69, 9.17) is 0 Å². The summed E-state index contributed by atoms with van der Waals surface area (Å²) in [4.78, 5) is 25.6. The Hall–Kier alpha value is -3.06. The number of aryl methyl sites for hydroxylation is 1. The van der Waals surface area contributed by atoms with Crippen molar-refractivity contribution < 1.29 is 18.4 Å². The highest BCUT2D eigenvalue weighted by atomic mass is 32.1. The monoisotopic (exact) mass is 442 g/mol. The first-order chi connectivity index (χ1) is 15.0. The molecule has 31 heavy (non-hydrogen) atoms. The third kappa shape index (κ3) is 6.21. The molecule has 0 fully saturated rings. The standard InChI is InChI=1S/C24H24F2N2O2S/c1-2-16-7-9-17(10-8-16)23(21-5-4-14-31-21)28-22(29)6-3-13-27-24(30)19-12-11-18(25)15-20(19)26/h4-5,7-12,14-15,23H,2-3,6,13H2,1H3,(H,27,30)(H,28,29). The van der Waals surface area contributed by atoms with Crippen molar-refractivity contribution in [3.63, 3.8) is 0 Å². The van der Waals surface area contributed by atoms with Crippen molar-refractivity contribution in [2.24, 2.45) is 0 Å². The molecule has 4 nitrogen and oxygen atoms in total. The summed E-state index contributed by atoms with van der Waals surface area (Å²) in [6.45, 7) is 2.30. The number of amides is 2. The number of rotatable bonds is 9. The van der Waals surface area contributed by atoms with Gasteiger partial charge in [-0.3, -0.25) is 9.59 Å². The SMILES string of the molecule is CCc1ccc(C(NC(=O)CCCNC(=O)c2ccc(F)cc2F)c2cccs2)cc1. The van der Waals surface area contributed by atoms with Crippen molar-refractivity contribution in [3.05, 3.63) is 93.2 Å². The number of hydrogen-bond acceptors (Lipinski definition) is 3. The summed E-state index contributed by atoms with van der Waals surface area (Å²) in [5.74, 6) is -2.43. The highest BCUT2D eigenvalue weighted by Crippen LogP contribution is 2.26. The molecule has 7 heteroatoms. The molecule has 3 aromatic rings. The molecule has 0 radical (unpaired) electrons. The number of halogens is 2. The van der Waals surface area contributed by atoms with E-state index in [0.717, 1.165) is 29.0 Å². The van der Waals surface area contributed by atoms with Crippen LogP contribution in [-0.4, -0.2) is 18.4 Å². The number of carbonyl (C=O) groups excluding carboxylic acids is 2. The molecule has 0 saturated carbocycles. The van der Waals surface area contributed by atoms with Gasteiger partial charge in [-0.1, -0.05) is 37.3 Å². The molecular weight excluding hydrogens is 418 g/mol. The summed E-state index contributed by atoms with van der Waals surface area (Å²) in [6, 6.07) is 14.7. The van der Waals surface area contributed by atoms with Gasteiger partial charge in [0.25, 0.3) is 5.91 Å². The van der Waals surface area contributed by atoms with E-state index in [9.17, 15) is 18.4 Å². The Bertz CT molecular complexity index is 1020. The predicted molar refractivity (Wildman–Crippen MR) is 118 cm³/mol. The maximum Gasteiger partial charge on any atom is 0.254 e. The zero-order valence-electron chi connectivity index (χ0n) is 17.2. The van der Waals surface area contributed by atoms with Gasteiger partial charge in [0.05, 0.1) is 11.6 Å². The average molecular weight is 443 g/mol. The van der Waals surface area contributed by atoms with Gasteiger partial charge >= 0.3 is 0 Å². The second kappa shape index (κ2) is 10.8. The van der Waals surface area contributed by atoms with Crippen LogP contribution in [-0.2, 0) is 11.2 Å². The van der Waals surface area contributed by atoms with Gasteiger partial charge in [0, 0.05) is 23.9 Å². The van der Waals surface area contributed by atoms with Gasteiger partial charge in [-0.15, -0.1) is 11.3 Å². The summed E-state index contributed by atoms with van der Waals surface area (Å²) in [5, 5.41) is 7.60. The summed E-state index contributed by atoms with van der Waals surface area (Å²) >= 11 is 1.58. The zero-order valence-corrected chi connectivity index (χ0v) is 18.0. The van der Waals surface area contributed by atoms with Gasteiger partial charge in [-0.2, -0.15) is 0 Å². The van der Waals surface area contributed by atoms with E-state index in [2.05, 4.69) is 29.7 Å². The first-order valence-corrected chi connectivity index (χ1v) is 11.0. The molecule has 2 N–H and O–H groups in total. The summed E-state index contributed by atoms with van der Waals surface area (Å²) in [6.07, 6.45) is 1.55. The minimum Gasteiger partial charge on any atom is -0.352 e. The molecule has 0 spiro atoms. The molecule has 1 aromatic heterocycles. The lowest BCUT2D eigenvalue weighted by molar-refractivity contribution is -0.121. The second-order valence-electron chi connectivity index (χ2n) is 7.09. The molecule has 162 valence electrons. The van der Waals surface area contributed by atoms with E-state index >= 15 is 0 Å². The van der Waals surface area contributed by atoms with Crippen LogP contribution in [0.4, 0.5) is 8.78 Å². The lowest BCUT2D eigenvalue weighted by Crippen LogP contribution is -2.30. The number of hydrogen-bond donors (Lipinski definition) is 2. The molecule has 0 aliphatic heterocycles. The predicted octanol–water partition coefficient (Wildman–Crippen LogP) is 5.00. The quantitative estimate of drug-likeness (QED) is 0.458. The number of benzene rings is 2. The molecule has 0 saturated heterocycles. The van der Waals surface area contributed by atoms with Crippen molar-refractivity contribution in [3.8, 4) is 0 Å². The number of carbonyl (C=O) groups is 2. The highest BCUT2D eigenvalue weighted by Gasteiger charge is 2.18. The topological polar surface area (TPSA) is 58.2 Å². The van der Waals surface area contributed by atoms with Crippen molar-refractivity contribution in [2.75, 3.05) is 6.54 Å². The van der Waals surface area contributed by atoms with E-state index in [1.54, 1.807) is 11.3 Å². The Labute approximate surface area is 184 Å². The third-order valence-corrected chi connectivity index (χ3v) is 5.83. The van der Waals surface area contributed by atoms with E-state index in [-0.39, 0.29) is 30.5 Å². The van der Waals surface area contributed by atoms with Gasteiger partial charge in [0.2, 0.25) is 5.91 Å². The van der Waals surface area contributed by atoms with Gasteiger partial charge < -0.3 is 10.6 Å². The smallest absolute Gasteiger partial charge is 0.254 e. The normalized spacial score (nSPS) is 11.7. The van der Waals surface area contributed by atoms with Crippen molar-refractivity contribution >= 4 is 23.2 Å². The van der Waals surface area contributed by atoms with Crippen LogP contribution >= 0.6 is 11.3 Å². The Morgan fingerprint density at radius 1 is 1.06 bits per heavy atom. The van der Waals surface area contributed by atoms with Crippen LogP contribution in [0.1, 0.15) is 52.2 Å². The Morgan fingerprint density at radius 3 is 2.48 bits per heavy atom. The first kappa shape index (κ1) is 22.6. The Balaban J connectivity index is 1.53. The maximum absolute atomic E-state index is 13.7. The van der Waals surface area contributed by atoms with Crippen LogP contribution in [0.15, 0.2) is 60.0 Å². The molecule has 1 atom stereocenters. The summed E-state index contributed by atoms with van der Waals surface area (Å²) in [5.41, 5.74) is 2.01. The first-order valence-electron chi connectivity index (χ1n) is 10.1. The summed E-state index contributed by atoms with van der Waals surface area (Å²) < 4.78 is 26.6. The van der Waals surface area contributed by atoms with Crippen LogP contribution in [0, 0.1) is 11.6 Å². The van der Waals surface area contributed by atoms with E-state index in [1.165, 1.54) is 5.56 Å². The minimum atomic E-state index is -0.914. The molecule has 2 amide bonds. The lowest BCUT2D eigenvalue weighted by Gasteiger charge is -2.18. The molecule has 0 aliphatic rings. The van der Waals surface area contributed by atoms with Crippen LogP contribution in [0.2, 0.25) is 0 Å². The average Bonchev–Trinajstić information content (AvgIpc) is 3.29. The van der Waals surface area contributed by atoms with Crippen LogP contribution < -0.4 is 10.6 Å². The highest BCUT2D eigenvalue weighted by molar-refractivity contribution is 7.10. The van der Waals surface area contributed by atoms with Gasteiger partial charge in [-0.25, -0.2) is 8.78 Å². The van der Waals surface area contributed by atoms with Crippen molar-refractivity contribution in [2.45, 2.75) is 32.2 Å². The zero-order chi connectivity index (χ0) is 22.2. The molecule has 0 bridgehead atoms. The Kier molecular flexibility index (Phi) is 7.89. The fraction of sp³-hybridized carbons (Fsp3) is 0.250. The Morgan fingerprint density at radius 2 is 1.84 bits per heavy atom. The number of nitrogens with one attached hydrogen (secondary N) is 2. The van der Waals surface area contributed by atoms with Gasteiger partial charge in [0.15, 0.2) is 0 Å². The molecular formula is C24H24F2N2O2S. The summed E-state index contributed by atoms with van der Waals surface area (Å²) in [7, 11) is 0. The maximum atomic E-state index is 13.7. The molecule has 3 rings (SSSR count). The largest absolute Gasteiger partial charge is 0.352 e. The van der Waals surface area contributed by atoms with Crippen LogP contribution in [0.25, 0.3) is 0 Å². The molecule has 1 heterocycles. The van der Waals surface area contributed by atoms with Gasteiger partial charge in [0.1, 0.15) is 11.6 Å². The fourth-order valence-electron chi connectivity index (χ4n) is 3.17. The van der Waals surface area contributed by atoms with E-state index < -0.39 is 17.5 Å². The molecule has 2 aromatic carbocycles. The van der Waals surface area contributed by atoms with Crippen molar-refractivity contribution in [1.82, 2.24) is 10.6 Å². The lowest BCUT2D eigenvalue weighted by atomic mass is 10.0. The molecule has 0 aliphatic carbocycles. The second-order valence-corrected chi connectivity index (χ2v) is 8.07.